The second kappa shape index (κ2) is 1.49. The molecule has 0 unspecified atom stereocenters. The van der Waals surface area contributed by atoms with E-state index in [0.717, 1.165) is 13.9 Å². The minimum Gasteiger partial charge on any atom is -0.363 e. The Morgan fingerprint density at radius 1 is 1.86 bits per heavy atom. The van der Waals surface area contributed by atoms with E-state index >= 15 is 0 Å². The molecule has 0 bridgehead atoms. The lowest BCUT2D eigenvalue weighted by Gasteiger charge is -2.02. The number of rotatable bonds is 2. The molecular formula is C4H10BNO. The first kappa shape index (κ1) is 5.13. The molecule has 0 aromatic carbocycles. The Morgan fingerprint density at radius 3 is 2.43 bits per heavy atom. The molecule has 0 saturated carbocycles. The van der Waals surface area contributed by atoms with Crippen LogP contribution in [0, 0.1) is 0 Å². The fourth-order valence-electron chi connectivity index (χ4n) is 0.612. The van der Waals surface area contributed by atoms with Gasteiger partial charge in [0.15, 0.2) is 7.28 Å². The number of hydrogen-bond acceptors (Lipinski definition) is 2. The van der Waals surface area contributed by atoms with Crippen molar-refractivity contribution in [1.29, 1.82) is 0 Å². The van der Waals surface area contributed by atoms with Gasteiger partial charge in [-0.05, 0) is 7.05 Å². The van der Waals surface area contributed by atoms with Gasteiger partial charge in [-0.2, -0.15) is 0 Å². The lowest BCUT2D eigenvalue weighted by Crippen LogP contribution is -2.33. The first-order valence-corrected chi connectivity index (χ1v) is 2.66. The van der Waals surface area contributed by atoms with Gasteiger partial charge in [0.1, 0.15) is 5.62 Å². The number of ether oxygens (including phenoxy) is 1. The molecule has 1 aliphatic heterocycles. The minimum atomic E-state index is 0.0833. The van der Waals surface area contributed by atoms with Crippen molar-refractivity contribution in [2.75, 3.05) is 13.7 Å². The quantitative estimate of drug-likeness (QED) is 0.368. The molecule has 1 heterocycles. The van der Waals surface area contributed by atoms with E-state index in [9.17, 15) is 0 Å². The van der Waals surface area contributed by atoms with Gasteiger partial charge in [-0.25, -0.2) is 0 Å². The number of epoxide rings is 1. The third kappa shape index (κ3) is 0.788. The zero-order valence-electron chi connectivity index (χ0n) is 4.82. The molecule has 0 spiro atoms. The van der Waals surface area contributed by atoms with Crippen molar-refractivity contribution in [1.82, 2.24) is 5.32 Å². The summed E-state index contributed by atoms with van der Waals surface area (Å²) in [6.45, 7) is 3.00. The maximum Gasteiger partial charge on any atom is 0.180 e. The van der Waals surface area contributed by atoms with Gasteiger partial charge < -0.3 is 4.74 Å². The monoisotopic (exact) mass is 99.1 g/mol. The van der Waals surface area contributed by atoms with E-state index in [1.54, 1.807) is 0 Å². The summed E-state index contributed by atoms with van der Waals surface area (Å²) < 4.78 is 5.08. The Bertz CT molecular complexity index is 66.1. The topological polar surface area (TPSA) is 24.6 Å². The van der Waals surface area contributed by atoms with Crippen molar-refractivity contribution in [3.63, 3.8) is 0 Å². The molecule has 2 nitrogen and oxygen atoms in total. The molecule has 1 rings (SSSR count). The van der Waals surface area contributed by atoms with Crippen LogP contribution in [-0.4, -0.2) is 26.6 Å². The third-order valence-electron chi connectivity index (χ3n) is 1.52. The fourth-order valence-corrected chi connectivity index (χ4v) is 0.612. The molecule has 1 fully saturated rings. The molecule has 0 amide bonds. The molecule has 0 aromatic heterocycles. The minimum absolute atomic E-state index is 0.0833. The Morgan fingerprint density at radius 2 is 2.43 bits per heavy atom. The molecule has 0 aliphatic carbocycles. The summed E-state index contributed by atoms with van der Waals surface area (Å²) in [6, 6.07) is 0. The van der Waals surface area contributed by atoms with Crippen LogP contribution in [-0.2, 0) is 4.74 Å². The standard InChI is InChI=1S/C4H10BNO/c1-5-4(6-2)3-7-4/h5-6H,3H2,1-2H3/t4-/m1/s1. The predicted octanol–water partition coefficient (Wildman–Crippen LogP) is -0.626. The summed E-state index contributed by atoms with van der Waals surface area (Å²) in [4.78, 5) is 0. The van der Waals surface area contributed by atoms with Gasteiger partial charge in [0, 0.05) is 0 Å². The van der Waals surface area contributed by atoms with Crippen LogP contribution in [0.5, 0.6) is 0 Å². The predicted molar refractivity (Wildman–Crippen MR) is 30.8 cm³/mol. The van der Waals surface area contributed by atoms with Gasteiger partial charge in [0.25, 0.3) is 0 Å². The molecule has 1 saturated heterocycles. The van der Waals surface area contributed by atoms with Crippen molar-refractivity contribution in [3.05, 3.63) is 0 Å². The molecule has 1 N–H and O–H groups in total. The van der Waals surface area contributed by atoms with Gasteiger partial charge in [-0.1, -0.05) is 6.82 Å². The van der Waals surface area contributed by atoms with Crippen LogP contribution >= 0.6 is 0 Å². The average molecular weight is 98.9 g/mol. The van der Waals surface area contributed by atoms with E-state index in [1.807, 2.05) is 7.05 Å². The van der Waals surface area contributed by atoms with Gasteiger partial charge >= 0.3 is 0 Å². The molecule has 1 atom stereocenters. The summed E-state index contributed by atoms with van der Waals surface area (Å²) in [5.74, 6) is 0. The molecule has 3 heteroatoms. The number of hydrogen-bond donors (Lipinski definition) is 1. The highest BCUT2D eigenvalue weighted by atomic mass is 16.6. The normalized spacial score (nSPS) is 38.0. The smallest absolute Gasteiger partial charge is 0.180 e. The molecular weight excluding hydrogens is 88.9 g/mol. The van der Waals surface area contributed by atoms with Crippen LogP contribution < -0.4 is 5.32 Å². The second-order valence-electron chi connectivity index (χ2n) is 1.89. The lowest BCUT2D eigenvalue weighted by molar-refractivity contribution is 0.347. The van der Waals surface area contributed by atoms with Crippen LogP contribution in [0.25, 0.3) is 0 Å². The molecule has 0 radical (unpaired) electrons. The number of nitrogens with one attached hydrogen (secondary N) is 1. The Labute approximate surface area is 44.5 Å². The van der Waals surface area contributed by atoms with E-state index in [-0.39, 0.29) is 5.62 Å². The SMILES string of the molecule is CB[C@@]1(NC)CO1. The van der Waals surface area contributed by atoms with E-state index < -0.39 is 0 Å². The highest BCUT2D eigenvalue weighted by Crippen LogP contribution is 2.19. The summed E-state index contributed by atoms with van der Waals surface area (Å²) >= 11 is 0. The molecule has 0 aromatic rings. The molecule has 7 heavy (non-hydrogen) atoms. The number of likely N-dealkylation sites (N-methyl/N-ethyl adjacent to an activating group) is 1. The first-order valence-electron chi connectivity index (χ1n) is 2.66. The van der Waals surface area contributed by atoms with Crippen molar-refractivity contribution < 1.29 is 4.74 Å². The van der Waals surface area contributed by atoms with Crippen molar-refractivity contribution in [3.8, 4) is 0 Å². The van der Waals surface area contributed by atoms with E-state index in [2.05, 4.69) is 12.1 Å². The summed E-state index contributed by atoms with van der Waals surface area (Å²) in [5, 5.41) is 3.08. The van der Waals surface area contributed by atoms with Crippen molar-refractivity contribution in [2.24, 2.45) is 0 Å². The van der Waals surface area contributed by atoms with Crippen LogP contribution in [0.3, 0.4) is 0 Å². The third-order valence-corrected chi connectivity index (χ3v) is 1.52. The van der Waals surface area contributed by atoms with Gasteiger partial charge in [0.2, 0.25) is 0 Å². The molecule has 1 aliphatic rings. The van der Waals surface area contributed by atoms with E-state index in [0.29, 0.717) is 0 Å². The Balaban J connectivity index is 2.28. The summed E-state index contributed by atoms with van der Waals surface area (Å²) in [5.41, 5.74) is 0.0833. The van der Waals surface area contributed by atoms with Gasteiger partial charge in [0.05, 0.1) is 6.61 Å². The van der Waals surface area contributed by atoms with Crippen LogP contribution in [0.15, 0.2) is 0 Å². The van der Waals surface area contributed by atoms with Crippen LogP contribution in [0.4, 0.5) is 0 Å². The Kier molecular flexibility index (Phi) is 1.09. The van der Waals surface area contributed by atoms with Crippen molar-refractivity contribution in [2.45, 2.75) is 12.4 Å². The van der Waals surface area contributed by atoms with E-state index in [1.165, 1.54) is 0 Å². The molecule has 40 valence electrons. The zero-order chi connectivity index (χ0) is 5.33. The average Bonchev–Trinajstić information content (AvgIpc) is 2.46. The van der Waals surface area contributed by atoms with Crippen LogP contribution in [0.2, 0.25) is 6.82 Å². The highest BCUT2D eigenvalue weighted by molar-refractivity contribution is 6.38. The second-order valence-corrected chi connectivity index (χ2v) is 1.89. The highest BCUT2D eigenvalue weighted by Gasteiger charge is 2.40. The summed E-state index contributed by atoms with van der Waals surface area (Å²) in [6.07, 6.45) is 0. The zero-order valence-corrected chi connectivity index (χ0v) is 4.82. The fraction of sp³-hybridized carbons (Fsp3) is 1.00. The first-order chi connectivity index (χ1) is 3.33. The summed E-state index contributed by atoms with van der Waals surface area (Å²) in [7, 11) is 3.00. The largest absolute Gasteiger partial charge is 0.363 e. The van der Waals surface area contributed by atoms with Gasteiger partial charge in [-0.3, -0.25) is 5.32 Å². The maximum absolute atomic E-state index is 5.08. The lowest BCUT2D eigenvalue weighted by atomic mass is 9.72. The van der Waals surface area contributed by atoms with E-state index in [4.69, 9.17) is 4.74 Å². The maximum atomic E-state index is 5.08. The van der Waals surface area contributed by atoms with Crippen molar-refractivity contribution >= 4 is 7.28 Å². The van der Waals surface area contributed by atoms with Crippen LogP contribution in [0.1, 0.15) is 0 Å². The Hall–Kier alpha value is -0.0151. The van der Waals surface area contributed by atoms with Gasteiger partial charge in [-0.15, -0.1) is 0 Å².